The first kappa shape index (κ1) is 12.8. The van der Waals surface area contributed by atoms with Crippen LogP contribution in [0, 0.1) is 0 Å². The quantitative estimate of drug-likeness (QED) is 0.835. The number of aliphatic hydroxyl groups excluding tert-OH is 1. The summed E-state index contributed by atoms with van der Waals surface area (Å²) in [5, 5.41) is 9.68. The van der Waals surface area contributed by atoms with E-state index in [1.165, 1.54) is 0 Å². The molecule has 16 heavy (non-hydrogen) atoms. The van der Waals surface area contributed by atoms with E-state index in [2.05, 4.69) is 6.92 Å². The molecule has 0 fully saturated rings. The molecule has 0 aromatic heterocycles. The molecule has 1 rings (SSSR count). The minimum Gasteiger partial charge on any atom is -0.493 e. The molecule has 3 nitrogen and oxygen atoms in total. The zero-order valence-electron chi connectivity index (χ0n) is 10.4. The molecule has 3 heteroatoms. The highest BCUT2D eigenvalue weighted by Crippen LogP contribution is 2.32. The zero-order valence-corrected chi connectivity index (χ0v) is 10.4. The number of aliphatic hydroxyl groups is 1. The first-order valence-corrected chi connectivity index (χ1v) is 5.54. The van der Waals surface area contributed by atoms with Crippen LogP contribution in [0.1, 0.15) is 31.7 Å². The average molecular weight is 224 g/mol. The van der Waals surface area contributed by atoms with E-state index in [1.54, 1.807) is 14.2 Å². The summed E-state index contributed by atoms with van der Waals surface area (Å²) in [6.45, 7) is 3.87. The number of hydrogen-bond donors (Lipinski definition) is 1. The second-order valence-electron chi connectivity index (χ2n) is 3.87. The highest BCUT2D eigenvalue weighted by Gasteiger charge is 2.17. The maximum Gasteiger partial charge on any atom is 0.160 e. The summed E-state index contributed by atoms with van der Waals surface area (Å²) in [6, 6.07) is 5.78. The Labute approximate surface area is 97.0 Å². The van der Waals surface area contributed by atoms with Gasteiger partial charge in [-0.3, -0.25) is 0 Å². The van der Waals surface area contributed by atoms with Gasteiger partial charge in [0.05, 0.1) is 20.3 Å². The van der Waals surface area contributed by atoms with Crippen LogP contribution in [0.2, 0.25) is 0 Å². The Balaban J connectivity index is 3.06. The summed E-state index contributed by atoms with van der Waals surface area (Å²) in [6.07, 6.45) is 0.538. The topological polar surface area (TPSA) is 38.7 Å². The standard InChI is InChI=1S/C13H20O3/c1-5-11(9(2)14)10-6-7-12(15-3)13(8-10)16-4/h6-9,11,14H,5H2,1-4H3. The van der Waals surface area contributed by atoms with E-state index < -0.39 is 0 Å². The van der Waals surface area contributed by atoms with E-state index in [-0.39, 0.29) is 12.0 Å². The third kappa shape index (κ3) is 2.67. The molecular weight excluding hydrogens is 204 g/mol. The van der Waals surface area contributed by atoms with Gasteiger partial charge < -0.3 is 14.6 Å². The Morgan fingerprint density at radius 3 is 2.25 bits per heavy atom. The first-order valence-electron chi connectivity index (χ1n) is 5.54. The lowest BCUT2D eigenvalue weighted by Gasteiger charge is -2.19. The van der Waals surface area contributed by atoms with Gasteiger partial charge in [0, 0.05) is 5.92 Å². The van der Waals surface area contributed by atoms with Crippen LogP contribution in [-0.2, 0) is 0 Å². The van der Waals surface area contributed by atoms with E-state index >= 15 is 0 Å². The van der Waals surface area contributed by atoms with Gasteiger partial charge >= 0.3 is 0 Å². The van der Waals surface area contributed by atoms with Gasteiger partial charge in [-0.1, -0.05) is 13.0 Å². The van der Waals surface area contributed by atoms with E-state index in [1.807, 2.05) is 25.1 Å². The van der Waals surface area contributed by atoms with E-state index in [4.69, 9.17) is 9.47 Å². The Hall–Kier alpha value is -1.22. The Morgan fingerprint density at radius 1 is 1.19 bits per heavy atom. The number of hydrogen-bond acceptors (Lipinski definition) is 3. The Kier molecular flexibility index (Phi) is 4.62. The van der Waals surface area contributed by atoms with Crippen molar-refractivity contribution in [1.82, 2.24) is 0 Å². The van der Waals surface area contributed by atoms with Crippen molar-refractivity contribution in [3.05, 3.63) is 23.8 Å². The summed E-state index contributed by atoms with van der Waals surface area (Å²) in [5.74, 6) is 1.56. The Bertz CT molecular complexity index is 334. The number of benzene rings is 1. The molecule has 0 aliphatic carbocycles. The molecule has 0 aliphatic rings. The molecule has 0 heterocycles. The highest BCUT2D eigenvalue weighted by molar-refractivity contribution is 5.44. The molecule has 1 aromatic carbocycles. The van der Waals surface area contributed by atoms with Crippen LogP contribution in [0.5, 0.6) is 11.5 Å². The second kappa shape index (κ2) is 5.75. The molecule has 0 aliphatic heterocycles. The van der Waals surface area contributed by atoms with Crippen molar-refractivity contribution >= 4 is 0 Å². The monoisotopic (exact) mass is 224 g/mol. The normalized spacial score (nSPS) is 14.3. The highest BCUT2D eigenvalue weighted by atomic mass is 16.5. The van der Waals surface area contributed by atoms with Gasteiger partial charge in [0.15, 0.2) is 11.5 Å². The van der Waals surface area contributed by atoms with Crippen molar-refractivity contribution < 1.29 is 14.6 Å². The van der Waals surface area contributed by atoms with Crippen LogP contribution < -0.4 is 9.47 Å². The molecule has 0 radical (unpaired) electrons. The van der Waals surface area contributed by atoms with Gasteiger partial charge in [-0.05, 0) is 31.0 Å². The van der Waals surface area contributed by atoms with Gasteiger partial charge in [0.2, 0.25) is 0 Å². The van der Waals surface area contributed by atoms with Crippen molar-refractivity contribution in [1.29, 1.82) is 0 Å². The van der Waals surface area contributed by atoms with Gasteiger partial charge in [-0.15, -0.1) is 0 Å². The van der Waals surface area contributed by atoms with Crippen molar-refractivity contribution in [2.24, 2.45) is 0 Å². The molecule has 1 N–H and O–H groups in total. The number of methoxy groups -OCH3 is 2. The molecule has 0 saturated carbocycles. The summed E-state index contributed by atoms with van der Waals surface area (Å²) < 4.78 is 10.4. The summed E-state index contributed by atoms with van der Waals surface area (Å²) in [7, 11) is 3.23. The van der Waals surface area contributed by atoms with E-state index in [9.17, 15) is 5.11 Å². The van der Waals surface area contributed by atoms with Crippen LogP contribution >= 0.6 is 0 Å². The number of ether oxygens (including phenoxy) is 2. The predicted octanol–water partition coefficient (Wildman–Crippen LogP) is 2.58. The zero-order chi connectivity index (χ0) is 12.1. The fourth-order valence-electron chi connectivity index (χ4n) is 1.94. The third-order valence-electron chi connectivity index (χ3n) is 2.86. The maximum absolute atomic E-state index is 9.68. The molecule has 0 saturated heterocycles. The van der Waals surface area contributed by atoms with Gasteiger partial charge in [-0.25, -0.2) is 0 Å². The van der Waals surface area contributed by atoms with Gasteiger partial charge in [0.1, 0.15) is 0 Å². The average Bonchev–Trinajstić information content (AvgIpc) is 2.29. The summed E-state index contributed by atoms with van der Waals surface area (Å²) in [4.78, 5) is 0. The first-order chi connectivity index (χ1) is 7.63. The van der Waals surface area contributed by atoms with Crippen LogP contribution in [0.15, 0.2) is 18.2 Å². The molecule has 90 valence electrons. The molecule has 2 unspecified atom stereocenters. The second-order valence-corrected chi connectivity index (χ2v) is 3.87. The third-order valence-corrected chi connectivity index (χ3v) is 2.86. The molecule has 2 atom stereocenters. The molecule has 1 aromatic rings. The predicted molar refractivity (Wildman–Crippen MR) is 64.3 cm³/mol. The van der Waals surface area contributed by atoms with Crippen LogP contribution in [0.4, 0.5) is 0 Å². The fourth-order valence-corrected chi connectivity index (χ4v) is 1.94. The molecular formula is C13H20O3. The van der Waals surface area contributed by atoms with Crippen molar-refractivity contribution in [3.63, 3.8) is 0 Å². The maximum atomic E-state index is 9.68. The minimum atomic E-state index is -0.358. The van der Waals surface area contributed by atoms with Gasteiger partial charge in [0.25, 0.3) is 0 Å². The van der Waals surface area contributed by atoms with Crippen molar-refractivity contribution in [2.75, 3.05) is 14.2 Å². The number of rotatable bonds is 5. The van der Waals surface area contributed by atoms with E-state index in [0.29, 0.717) is 11.5 Å². The SMILES string of the molecule is CCC(c1ccc(OC)c(OC)c1)C(C)O. The lowest BCUT2D eigenvalue weighted by Crippen LogP contribution is -2.13. The van der Waals surface area contributed by atoms with E-state index in [0.717, 1.165) is 12.0 Å². The minimum absolute atomic E-state index is 0.139. The lowest BCUT2D eigenvalue weighted by atomic mass is 9.91. The van der Waals surface area contributed by atoms with Crippen LogP contribution in [0.3, 0.4) is 0 Å². The van der Waals surface area contributed by atoms with Gasteiger partial charge in [-0.2, -0.15) is 0 Å². The summed E-state index contributed by atoms with van der Waals surface area (Å²) >= 11 is 0. The summed E-state index contributed by atoms with van der Waals surface area (Å²) in [5.41, 5.74) is 1.08. The Morgan fingerprint density at radius 2 is 1.81 bits per heavy atom. The van der Waals surface area contributed by atoms with Crippen molar-refractivity contribution in [2.45, 2.75) is 32.3 Å². The largest absolute Gasteiger partial charge is 0.493 e. The molecule has 0 spiro atoms. The molecule has 0 bridgehead atoms. The lowest BCUT2D eigenvalue weighted by molar-refractivity contribution is 0.159. The molecule has 0 amide bonds. The van der Waals surface area contributed by atoms with Crippen molar-refractivity contribution in [3.8, 4) is 11.5 Å². The van der Waals surface area contributed by atoms with Crippen LogP contribution in [0.25, 0.3) is 0 Å². The fraction of sp³-hybridized carbons (Fsp3) is 0.538. The smallest absolute Gasteiger partial charge is 0.160 e. The van der Waals surface area contributed by atoms with Crippen LogP contribution in [-0.4, -0.2) is 25.4 Å².